The van der Waals surface area contributed by atoms with Crippen LogP contribution >= 0.6 is 0 Å². The van der Waals surface area contributed by atoms with Gasteiger partial charge in [0.2, 0.25) is 0 Å². The zero-order chi connectivity index (χ0) is 6.74. The van der Waals surface area contributed by atoms with E-state index in [-0.39, 0.29) is 5.89 Å². The molecule has 0 atom stereocenters. The lowest BCUT2D eigenvalue weighted by molar-refractivity contribution is 0.505. The molecule has 1 rings (SSSR count). The summed E-state index contributed by atoms with van der Waals surface area (Å²) in [4.78, 5) is 0. The van der Waals surface area contributed by atoms with Crippen molar-refractivity contribution in [3.63, 3.8) is 0 Å². The van der Waals surface area contributed by atoms with Gasteiger partial charge in [0.25, 0.3) is 0 Å². The Morgan fingerprint density at radius 1 is 1.12 bits per heavy atom. The van der Waals surface area contributed by atoms with Crippen LogP contribution < -0.4 is 0 Å². The zero-order valence-corrected chi connectivity index (χ0v) is 5.74. The third kappa shape index (κ3) is 1.85. The maximum atomic E-state index is 7.77. The van der Waals surface area contributed by atoms with Crippen molar-refractivity contribution in [2.75, 3.05) is 0 Å². The average molecular weight is 113 g/mol. The first kappa shape index (κ1) is 4.84. The predicted molar refractivity (Wildman–Crippen MR) is 36.9 cm³/mol. The molecule has 0 unspecified atom stereocenters. The van der Waals surface area contributed by atoms with E-state index in [2.05, 4.69) is 6.92 Å². The summed E-state index contributed by atoms with van der Waals surface area (Å²) in [6.45, 7) is 2.07. The molecule has 0 aliphatic heterocycles. The molecular formula is C8H16. The van der Waals surface area contributed by atoms with Crippen LogP contribution in [-0.4, -0.2) is 0 Å². The van der Waals surface area contributed by atoms with E-state index in [0.717, 1.165) is 12.8 Å². The van der Waals surface area contributed by atoms with Crippen LogP contribution in [-0.2, 0) is 0 Å². The maximum Gasteiger partial charge on any atom is 0.0300 e. The van der Waals surface area contributed by atoms with E-state index in [1.54, 1.807) is 0 Å². The Labute approximate surface area is 53.7 Å². The molecule has 48 valence electrons. The minimum atomic E-state index is -0.0868. The quantitative estimate of drug-likeness (QED) is 0.424. The van der Waals surface area contributed by atoms with Crippen molar-refractivity contribution in [3.05, 3.63) is 0 Å². The molecule has 0 aromatic carbocycles. The van der Waals surface area contributed by atoms with E-state index in [4.69, 9.17) is 1.37 Å². The van der Waals surface area contributed by atoms with Gasteiger partial charge in [-0.3, -0.25) is 0 Å². The molecule has 0 N–H and O–H groups in total. The normalized spacial score (nSPS) is 30.9. The molecule has 0 heteroatoms. The van der Waals surface area contributed by atoms with E-state index in [1.165, 1.54) is 25.7 Å². The predicted octanol–water partition coefficient (Wildman–Crippen LogP) is 2.98. The van der Waals surface area contributed by atoms with E-state index >= 15 is 0 Å². The third-order valence-corrected chi connectivity index (χ3v) is 1.96. The lowest BCUT2D eigenvalue weighted by Gasteiger charge is -2.02. The summed E-state index contributed by atoms with van der Waals surface area (Å²) in [6, 6.07) is 0. The molecule has 1 aliphatic rings. The van der Waals surface area contributed by atoms with Crippen molar-refractivity contribution in [2.45, 2.75) is 45.4 Å². The molecule has 0 spiro atoms. The highest BCUT2D eigenvalue weighted by molar-refractivity contribution is 4.58. The second-order valence-electron chi connectivity index (χ2n) is 2.87. The minimum Gasteiger partial charge on any atom is -0.0625 e. The lowest BCUT2D eigenvalue weighted by atomic mass is 10.0. The van der Waals surface area contributed by atoms with E-state index in [0.29, 0.717) is 0 Å². The van der Waals surface area contributed by atoms with Gasteiger partial charge < -0.3 is 0 Å². The monoisotopic (exact) mass is 113 g/mol. The summed E-state index contributed by atoms with van der Waals surface area (Å²) in [5.41, 5.74) is 0. The van der Waals surface area contributed by atoms with Gasteiger partial charge in [-0.05, 0) is 5.89 Å². The van der Waals surface area contributed by atoms with Crippen LogP contribution in [0.2, 0.25) is 0 Å². The lowest BCUT2D eigenvalue weighted by Crippen LogP contribution is -1.88. The molecule has 0 aromatic heterocycles. The zero-order valence-electron chi connectivity index (χ0n) is 6.74. The van der Waals surface area contributed by atoms with Gasteiger partial charge in [-0.2, -0.15) is 0 Å². The highest BCUT2D eigenvalue weighted by Gasteiger charge is 2.04. The first-order valence-corrected chi connectivity index (χ1v) is 3.71. The summed E-state index contributed by atoms with van der Waals surface area (Å²) in [5.74, 6) is -0.0868. The van der Waals surface area contributed by atoms with Crippen LogP contribution in [0.15, 0.2) is 0 Å². The van der Waals surface area contributed by atoms with E-state index in [9.17, 15) is 0 Å². The summed E-state index contributed by atoms with van der Waals surface area (Å²) in [7, 11) is 0. The van der Waals surface area contributed by atoms with Crippen molar-refractivity contribution in [2.24, 2.45) is 5.89 Å². The molecule has 0 saturated heterocycles. The molecule has 0 bridgehead atoms. The van der Waals surface area contributed by atoms with Gasteiger partial charge in [-0.25, -0.2) is 0 Å². The Bertz CT molecular complexity index is 76.6. The minimum absolute atomic E-state index is 0.0868. The largest absolute Gasteiger partial charge is 0.0625 e. The first-order valence-electron chi connectivity index (χ1n) is 4.21. The highest BCUT2D eigenvalue weighted by atomic mass is 14.1. The summed E-state index contributed by atoms with van der Waals surface area (Å²) >= 11 is 0. The first-order chi connectivity index (χ1) is 4.21. The topological polar surface area (TPSA) is 0 Å². The Hall–Kier alpha value is 0. The second-order valence-corrected chi connectivity index (χ2v) is 2.87. The molecule has 0 aromatic rings. The fourth-order valence-corrected chi connectivity index (χ4v) is 1.33. The van der Waals surface area contributed by atoms with Crippen LogP contribution in [0, 0.1) is 5.89 Å². The van der Waals surface area contributed by atoms with Crippen molar-refractivity contribution < 1.29 is 1.37 Å². The highest BCUT2D eigenvalue weighted by Crippen LogP contribution is 2.21. The van der Waals surface area contributed by atoms with Crippen LogP contribution in [0.3, 0.4) is 0 Å². The summed E-state index contributed by atoms with van der Waals surface area (Å²) < 4.78 is 7.77. The molecule has 1 aliphatic carbocycles. The third-order valence-electron chi connectivity index (χ3n) is 1.96. The van der Waals surface area contributed by atoms with Crippen LogP contribution in [0.5, 0.6) is 0 Å². The average Bonchev–Trinajstić information content (AvgIpc) is 1.92. The fourth-order valence-electron chi connectivity index (χ4n) is 1.33. The molecule has 0 amide bonds. The van der Waals surface area contributed by atoms with Gasteiger partial charge in [0.15, 0.2) is 0 Å². The van der Waals surface area contributed by atoms with Crippen LogP contribution in [0.4, 0.5) is 0 Å². The SMILES string of the molecule is [2H]C1(C)CCCCCC1. The molecular weight excluding hydrogens is 96.1 g/mol. The number of hydrogen-bond acceptors (Lipinski definition) is 0. The molecule has 0 nitrogen and oxygen atoms in total. The van der Waals surface area contributed by atoms with Gasteiger partial charge in [0, 0.05) is 1.37 Å². The van der Waals surface area contributed by atoms with Gasteiger partial charge in [-0.15, -0.1) is 0 Å². The summed E-state index contributed by atoms with van der Waals surface area (Å²) in [5, 5.41) is 0. The Kier molecular flexibility index (Phi) is 1.88. The van der Waals surface area contributed by atoms with E-state index < -0.39 is 0 Å². The molecule has 8 heavy (non-hydrogen) atoms. The summed E-state index contributed by atoms with van der Waals surface area (Å²) in [6.07, 6.45) is 7.50. The van der Waals surface area contributed by atoms with Crippen molar-refractivity contribution in [3.8, 4) is 0 Å². The van der Waals surface area contributed by atoms with E-state index in [1.807, 2.05) is 0 Å². The Morgan fingerprint density at radius 2 is 1.62 bits per heavy atom. The molecule has 1 fully saturated rings. The molecule has 0 heterocycles. The fraction of sp³-hybridized carbons (Fsp3) is 1.00. The maximum absolute atomic E-state index is 7.77. The van der Waals surface area contributed by atoms with Gasteiger partial charge in [-0.1, -0.05) is 45.4 Å². The van der Waals surface area contributed by atoms with Crippen molar-refractivity contribution >= 4 is 0 Å². The van der Waals surface area contributed by atoms with Crippen molar-refractivity contribution in [1.82, 2.24) is 0 Å². The van der Waals surface area contributed by atoms with Gasteiger partial charge >= 0.3 is 0 Å². The van der Waals surface area contributed by atoms with Crippen LogP contribution in [0.25, 0.3) is 0 Å². The standard InChI is InChI=1S/C8H16/c1-8-6-4-2-3-5-7-8/h8H,2-7H2,1H3/i8D. The molecule has 0 radical (unpaired) electrons. The Balaban J connectivity index is 2.36. The molecule has 1 saturated carbocycles. The number of hydrogen-bond donors (Lipinski definition) is 0. The smallest absolute Gasteiger partial charge is 0.0300 e. The van der Waals surface area contributed by atoms with Gasteiger partial charge in [0.1, 0.15) is 0 Å². The van der Waals surface area contributed by atoms with Crippen molar-refractivity contribution in [1.29, 1.82) is 0 Å². The number of rotatable bonds is 0. The Morgan fingerprint density at radius 3 is 2.12 bits per heavy atom. The van der Waals surface area contributed by atoms with Crippen LogP contribution in [0.1, 0.15) is 46.8 Å². The van der Waals surface area contributed by atoms with Gasteiger partial charge in [0.05, 0.1) is 0 Å². The second kappa shape index (κ2) is 3.11.